The zero-order valence-electron chi connectivity index (χ0n) is 17.6. The molecule has 0 saturated heterocycles. The Morgan fingerprint density at radius 1 is 1.39 bits per heavy atom. The second-order valence-electron chi connectivity index (χ2n) is 7.42. The molecule has 0 saturated carbocycles. The number of fused-ring (bicyclic) bond motifs is 1. The van der Waals surface area contributed by atoms with Crippen molar-refractivity contribution in [2.75, 3.05) is 26.7 Å². The van der Waals surface area contributed by atoms with Crippen molar-refractivity contribution in [1.82, 2.24) is 25.3 Å². The maximum Gasteiger partial charge on any atom is 0.191 e. The molecule has 0 radical (unpaired) electrons. The molecule has 6 nitrogen and oxygen atoms in total. The number of aryl methyl sites for hydroxylation is 2. The Labute approximate surface area is 189 Å². The van der Waals surface area contributed by atoms with E-state index in [4.69, 9.17) is 0 Å². The number of thiophene rings is 1. The molecule has 28 heavy (non-hydrogen) atoms. The van der Waals surface area contributed by atoms with Gasteiger partial charge in [-0.05, 0) is 56.2 Å². The van der Waals surface area contributed by atoms with Crippen LogP contribution in [-0.4, -0.2) is 53.4 Å². The predicted molar refractivity (Wildman–Crippen MR) is 129 cm³/mol. The topological polar surface area (TPSA) is 57.5 Å². The molecule has 0 aliphatic carbocycles. The third-order valence-corrected chi connectivity index (χ3v) is 6.41. The van der Waals surface area contributed by atoms with E-state index >= 15 is 0 Å². The van der Waals surface area contributed by atoms with Gasteiger partial charge in [-0.1, -0.05) is 0 Å². The number of nitrogens with zero attached hydrogens (tertiary/aromatic N) is 4. The van der Waals surface area contributed by atoms with Crippen molar-refractivity contribution in [1.29, 1.82) is 0 Å². The van der Waals surface area contributed by atoms with Gasteiger partial charge in [-0.2, -0.15) is 5.10 Å². The van der Waals surface area contributed by atoms with Crippen LogP contribution >= 0.6 is 35.3 Å². The van der Waals surface area contributed by atoms with Gasteiger partial charge in [0.1, 0.15) is 0 Å². The molecule has 0 aromatic carbocycles. The van der Waals surface area contributed by atoms with Crippen molar-refractivity contribution >= 4 is 41.3 Å². The molecule has 3 rings (SSSR count). The Hall–Kier alpha value is -1.13. The molecule has 0 amide bonds. The summed E-state index contributed by atoms with van der Waals surface area (Å²) in [5.74, 6) is 0.870. The molecular formula is C20H33IN6S. The van der Waals surface area contributed by atoms with E-state index in [-0.39, 0.29) is 24.0 Å². The molecule has 0 bridgehead atoms. The minimum atomic E-state index is 0. The summed E-state index contributed by atoms with van der Waals surface area (Å²) in [6.07, 6.45) is 2.13. The van der Waals surface area contributed by atoms with Crippen LogP contribution in [-0.2, 0) is 26.4 Å². The Kier molecular flexibility index (Phi) is 8.76. The zero-order valence-corrected chi connectivity index (χ0v) is 20.7. The predicted octanol–water partition coefficient (Wildman–Crippen LogP) is 2.87. The molecule has 8 heteroatoms. The molecule has 1 aliphatic rings. The maximum atomic E-state index is 4.51. The summed E-state index contributed by atoms with van der Waals surface area (Å²) < 4.78 is 1.96. The van der Waals surface area contributed by atoms with Gasteiger partial charge in [0, 0.05) is 56.9 Å². The first-order chi connectivity index (χ1) is 13.0. The van der Waals surface area contributed by atoms with Crippen LogP contribution in [0.4, 0.5) is 0 Å². The normalized spacial score (nSPS) is 15.7. The van der Waals surface area contributed by atoms with E-state index in [0.29, 0.717) is 6.04 Å². The second-order valence-corrected chi connectivity index (χ2v) is 8.42. The molecule has 3 heterocycles. The van der Waals surface area contributed by atoms with Gasteiger partial charge >= 0.3 is 0 Å². The Morgan fingerprint density at radius 3 is 2.86 bits per heavy atom. The van der Waals surface area contributed by atoms with Crippen molar-refractivity contribution in [3.05, 3.63) is 38.8 Å². The largest absolute Gasteiger partial charge is 0.355 e. The first-order valence-electron chi connectivity index (χ1n) is 9.71. The van der Waals surface area contributed by atoms with Crippen LogP contribution in [0.15, 0.2) is 16.4 Å². The van der Waals surface area contributed by atoms with Crippen molar-refractivity contribution < 1.29 is 0 Å². The maximum absolute atomic E-state index is 4.51. The van der Waals surface area contributed by atoms with Gasteiger partial charge in [0.2, 0.25) is 0 Å². The average molecular weight is 516 g/mol. The molecule has 1 atom stereocenters. The number of nitrogens with one attached hydrogen (secondary N) is 2. The van der Waals surface area contributed by atoms with Crippen molar-refractivity contribution in [3.8, 4) is 0 Å². The molecule has 2 aromatic heterocycles. The lowest BCUT2D eigenvalue weighted by molar-refractivity contribution is 0.260. The number of guanidine groups is 1. The van der Waals surface area contributed by atoms with Crippen LogP contribution in [0.2, 0.25) is 0 Å². The quantitative estimate of drug-likeness (QED) is 0.352. The van der Waals surface area contributed by atoms with Crippen molar-refractivity contribution in [2.45, 2.75) is 46.2 Å². The van der Waals surface area contributed by atoms with E-state index < -0.39 is 0 Å². The minimum absolute atomic E-state index is 0. The minimum Gasteiger partial charge on any atom is -0.355 e. The lowest BCUT2D eigenvalue weighted by Gasteiger charge is -2.27. The third-order valence-electron chi connectivity index (χ3n) is 5.38. The lowest BCUT2D eigenvalue weighted by Crippen LogP contribution is -2.46. The fourth-order valence-electron chi connectivity index (χ4n) is 3.73. The summed E-state index contributed by atoms with van der Waals surface area (Å²) in [5, 5.41) is 13.7. The van der Waals surface area contributed by atoms with Gasteiger partial charge in [-0.25, -0.2) is 0 Å². The van der Waals surface area contributed by atoms with Gasteiger partial charge in [0.15, 0.2) is 5.96 Å². The van der Waals surface area contributed by atoms with Crippen LogP contribution < -0.4 is 10.6 Å². The lowest BCUT2D eigenvalue weighted by atomic mass is 10.1. The number of hydrogen-bond donors (Lipinski definition) is 2. The van der Waals surface area contributed by atoms with Crippen LogP contribution in [0.25, 0.3) is 0 Å². The SMILES string of the molecule is CN=C(NCCN1CCc2sccc2C1)NC(C)Cc1c(C)nn(C)c1C.I. The summed E-state index contributed by atoms with van der Waals surface area (Å²) in [6, 6.07) is 2.56. The Morgan fingerprint density at radius 2 is 2.18 bits per heavy atom. The highest BCUT2D eigenvalue weighted by Gasteiger charge is 2.17. The standard InChI is InChI=1S/C20H32N6S.HI/c1-14(12-18-15(2)24-25(5)16(18)3)23-20(21-4)22-8-10-26-9-6-19-17(13-26)7-11-27-19;/h7,11,14H,6,8-10,12-13H2,1-5H3,(H2,21,22,23);1H. The Balaban J connectivity index is 0.00000280. The zero-order chi connectivity index (χ0) is 19.4. The van der Waals surface area contributed by atoms with Crippen LogP contribution in [0, 0.1) is 13.8 Å². The fraction of sp³-hybridized carbons (Fsp3) is 0.600. The molecule has 0 spiro atoms. The van der Waals surface area contributed by atoms with Gasteiger partial charge in [0.05, 0.1) is 5.69 Å². The van der Waals surface area contributed by atoms with E-state index in [1.165, 1.54) is 23.2 Å². The highest BCUT2D eigenvalue weighted by molar-refractivity contribution is 14.0. The number of halogens is 1. The number of aromatic nitrogens is 2. The van der Waals surface area contributed by atoms with Gasteiger partial charge in [-0.3, -0.25) is 14.6 Å². The Bertz CT molecular complexity index is 797. The van der Waals surface area contributed by atoms with Crippen molar-refractivity contribution in [2.24, 2.45) is 12.0 Å². The van der Waals surface area contributed by atoms with E-state index in [0.717, 1.165) is 44.3 Å². The summed E-state index contributed by atoms with van der Waals surface area (Å²) in [7, 11) is 3.84. The summed E-state index contributed by atoms with van der Waals surface area (Å²) in [4.78, 5) is 8.46. The highest BCUT2D eigenvalue weighted by Crippen LogP contribution is 2.23. The highest BCUT2D eigenvalue weighted by atomic mass is 127. The van der Waals surface area contributed by atoms with E-state index in [2.05, 4.69) is 57.8 Å². The molecule has 0 fully saturated rings. The van der Waals surface area contributed by atoms with Gasteiger partial charge in [0.25, 0.3) is 0 Å². The van der Waals surface area contributed by atoms with Gasteiger partial charge in [-0.15, -0.1) is 35.3 Å². The first-order valence-corrected chi connectivity index (χ1v) is 10.6. The molecular weight excluding hydrogens is 483 g/mol. The first kappa shape index (κ1) is 23.2. The average Bonchev–Trinajstić information content (AvgIpc) is 3.20. The number of hydrogen-bond acceptors (Lipinski definition) is 4. The summed E-state index contributed by atoms with van der Waals surface area (Å²) >= 11 is 1.89. The third kappa shape index (κ3) is 5.70. The molecule has 1 aliphatic heterocycles. The van der Waals surface area contributed by atoms with Crippen LogP contribution in [0.1, 0.15) is 34.3 Å². The molecule has 2 aromatic rings. The molecule has 2 N–H and O–H groups in total. The van der Waals surface area contributed by atoms with Crippen LogP contribution in [0.5, 0.6) is 0 Å². The second kappa shape index (κ2) is 10.6. The number of aliphatic imine (C=N–C) groups is 1. The van der Waals surface area contributed by atoms with Crippen LogP contribution in [0.3, 0.4) is 0 Å². The van der Waals surface area contributed by atoms with E-state index in [1.54, 1.807) is 4.88 Å². The summed E-state index contributed by atoms with van der Waals surface area (Å²) in [5.41, 5.74) is 5.18. The monoisotopic (exact) mass is 516 g/mol. The number of rotatable bonds is 6. The summed E-state index contributed by atoms with van der Waals surface area (Å²) in [6.45, 7) is 10.6. The smallest absolute Gasteiger partial charge is 0.191 e. The molecule has 156 valence electrons. The van der Waals surface area contributed by atoms with Gasteiger partial charge < -0.3 is 10.6 Å². The molecule has 1 unspecified atom stereocenters. The van der Waals surface area contributed by atoms with Crippen molar-refractivity contribution in [3.63, 3.8) is 0 Å². The fourth-order valence-corrected chi connectivity index (χ4v) is 4.62. The van der Waals surface area contributed by atoms with E-state index in [1.807, 2.05) is 30.1 Å². The van der Waals surface area contributed by atoms with E-state index in [9.17, 15) is 0 Å².